The molecule has 2 radical (unpaired) electrons. The lowest BCUT2D eigenvalue weighted by Gasteiger charge is -2.10. The lowest BCUT2D eigenvalue weighted by Crippen LogP contribution is -2.35. The summed E-state index contributed by atoms with van der Waals surface area (Å²) in [6.07, 6.45) is 1.31. The number of hydrogen-bond acceptors (Lipinski definition) is 2. The van der Waals surface area contributed by atoms with Crippen molar-refractivity contribution in [1.82, 2.24) is 0 Å². The zero-order chi connectivity index (χ0) is 9.30. The van der Waals surface area contributed by atoms with Crippen LogP contribution in [0.4, 0.5) is 0 Å². The van der Waals surface area contributed by atoms with E-state index in [0.29, 0.717) is 16.9 Å². The summed E-state index contributed by atoms with van der Waals surface area (Å²) in [6.45, 7) is 3.53. The molecular formula is C8H10BNO2. The van der Waals surface area contributed by atoms with Crippen molar-refractivity contribution in [2.75, 3.05) is 7.11 Å². The fourth-order valence-corrected chi connectivity index (χ4v) is 1.10. The molecule has 1 rings (SSSR count). The van der Waals surface area contributed by atoms with E-state index in [4.69, 9.17) is 12.6 Å². The van der Waals surface area contributed by atoms with Crippen molar-refractivity contribution in [2.24, 2.45) is 0 Å². The van der Waals surface area contributed by atoms with Crippen LogP contribution in [-0.2, 0) is 0 Å². The Morgan fingerprint density at radius 3 is 2.58 bits per heavy atom. The third-order valence-corrected chi connectivity index (χ3v) is 1.94. The van der Waals surface area contributed by atoms with Crippen LogP contribution in [-0.4, -0.2) is 15.0 Å². The van der Waals surface area contributed by atoms with Gasteiger partial charge >= 0.3 is 0 Å². The molecule has 0 unspecified atom stereocenters. The van der Waals surface area contributed by atoms with Gasteiger partial charge in [-0.15, -0.1) is 0 Å². The number of nitrogens with zero attached hydrogens (tertiary/aromatic N) is 1. The van der Waals surface area contributed by atoms with E-state index in [2.05, 4.69) is 0 Å². The molecule has 0 spiro atoms. The van der Waals surface area contributed by atoms with Gasteiger partial charge in [0.05, 0.1) is 12.7 Å². The van der Waals surface area contributed by atoms with Crippen LogP contribution in [0, 0.1) is 19.1 Å². The SMILES string of the molecule is [B]c1c[n+]([O-])c(C)c(C)c1OC. The average molecular weight is 163 g/mol. The first kappa shape index (κ1) is 8.91. The Hall–Kier alpha value is -1.19. The minimum absolute atomic E-state index is 0.371. The summed E-state index contributed by atoms with van der Waals surface area (Å²) in [4.78, 5) is 0. The average Bonchev–Trinajstić information content (AvgIpc) is 2.01. The molecule has 0 aromatic carbocycles. The van der Waals surface area contributed by atoms with E-state index in [0.717, 1.165) is 10.3 Å². The second-order valence-electron chi connectivity index (χ2n) is 2.65. The van der Waals surface area contributed by atoms with Gasteiger partial charge in [-0.2, -0.15) is 4.73 Å². The van der Waals surface area contributed by atoms with Crippen molar-refractivity contribution in [3.8, 4) is 5.75 Å². The van der Waals surface area contributed by atoms with Crippen LogP contribution < -0.4 is 14.9 Å². The summed E-state index contributed by atoms with van der Waals surface area (Å²) < 4.78 is 5.78. The molecule has 0 bridgehead atoms. The van der Waals surface area contributed by atoms with Crippen molar-refractivity contribution >= 4 is 13.3 Å². The summed E-state index contributed by atoms with van der Waals surface area (Å²) >= 11 is 0. The van der Waals surface area contributed by atoms with E-state index in [1.165, 1.54) is 13.3 Å². The lowest BCUT2D eigenvalue weighted by atomic mass is 9.94. The van der Waals surface area contributed by atoms with Crippen molar-refractivity contribution in [2.45, 2.75) is 13.8 Å². The van der Waals surface area contributed by atoms with Crippen LogP contribution in [0.25, 0.3) is 0 Å². The van der Waals surface area contributed by atoms with Gasteiger partial charge in [0.15, 0.2) is 11.9 Å². The predicted molar refractivity (Wildman–Crippen MR) is 46.8 cm³/mol. The smallest absolute Gasteiger partial charge is 0.196 e. The molecule has 0 amide bonds. The van der Waals surface area contributed by atoms with Crippen LogP contribution in [0.1, 0.15) is 11.3 Å². The van der Waals surface area contributed by atoms with Gasteiger partial charge < -0.3 is 9.94 Å². The number of aromatic nitrogens is 1. The lowest BCUT2D eigenvalue weighted by molar-refractivity contribution is -0.611. The third-order valence-electron chi connectivity index (χ3n) is 1.94. The first-order valence-corrected chi connectivity index (χ1v) is 3.60. The molecule has 0 atom stereocenters. The number of rotatable bonds is 1. The van der Waals surface area contributed by atoms with Crippen LogP contribution in [0.3, 0.4) is 0 Å². The highest BCUT2D eigenvalue weighted by Gasteiger charge is 2.12. The van der Waals surface area contributed by atoms with E-state index in [1.54, 1.807) is 13.8 Å². The molecule has 1 aromatic heterocycles. The van der Waals surface area contributed by atoms with E-state index in [1.807, 2.05) is 0 Å². The maximum Gasteiger partial charge on any atom is 0.196 e. The Kier molecular flexibility index (Phi) is 2.26. The zero-order valence-electron chi connectivity index (χ0n) is 7.42. The molecule has 12 heavy (non-hydrogen) atoms. The van der Waals surface area contributed by atoms with Crippen LogP contribution >= 0.6 is 0 Å². The van der Waals surface area contributed by atoms with Crippen molar-refractivity contribution in [1.29, 1.82) is 0 Å². The molecule has 0 aliphatic rings. The minimum atomic E-state index is 0.371. The topological polar surface area (TPSA) is 36.2 Å². The molecule has 4 heteroatoms. The summed E-state index contributed by atoms with van der Waals surface area (Å²) in [6, 6.07) is 0. The second kappa shape index (κ2) is 3.05. The number of ether oxygens (including phenoxy) is 1. The van der Waals surface area contributed by atoms with Crippen molar-refractivity contribution in [3.05, 3.63) is 22.7 Å². The maximum absolute atomic E-state index is 11.1. The Morgan fingerprint density at radius 2 is 2.08 bits per heavy atom. The normalized spacial score (nSPS) is 9.92. The summed E-state index contributed by atoms with van der Waals surface area (Å²) in [5.41, 5.74) is 1.77. The second-order valence-corrected chi connectivity index (χ2v) is 2.65. The molecule has 1 aromatic rings. The van der Waals surface area contributed by atoms with Crippen LogP contribution in [0.15, 0.2) is 6.20 Å². The van der Waals surface area contributed by atoms with Crippen LogP contribution in [0.5, 0.6) is 5.75 Å². The van der Waals surface area contributed by atoms with E-state index in [-0.39, 0.29) is 0 Å². The Bertz CT molecular complexity index is 312. The van der Waals surface area contributed by atoms with Crippen molar-refractivity contribution < 1.29 is 9.47 Å². The number of pyridine rings is 1. The Labute approximate surface area is 73.0 Å². The van der Waals surface area contributed by atoms with Gasteiger partial charge in [-0.25, -0.2) is 0 Å². The van der Waals surface area contributed by atoms with E-state index in [9.17, 15) is 5.21 Å². The molecule has 0 N–H and O–H groups in total. The largest absolute Gasteiger partial charge is 0.619 e. The van der Waals surface area contributed by atoms with Gasteiger partial charge in [0.25, 0.3) is 0 Å². The molecule has 0 saturated carbocycles. The predicted octanol–water partition coefficient (Wildman–Crippen LogP) is -0.261. The molecule has 1 heterocycles. The monoisotopic (exact) mass is 163 g/mol. The Balaban J connectivity index is 3.40. The highest BCUT2D eigenvalue weighted by atomic mass is 16.5. The van der Waals surface area contributed by atoms with Gasteiger partial charge in [-0.05, 0) is 6.92 Å². The van der Waals surface area contributed by atoms with E-state index < -0.39 is 0 Å². The zero-order valence-corrected chi connectivity index (χ0v) is 7.42. The summed E-state index contributed by atoms with van der Waals surface area (Å²) in [5.74, 6) is 0.583. The third kappa shape index (κ3) is 1.24. The van der Waals surface area contributed by atoms with Crippen LogP contribution in [0.2, 0.25) is 0 Å². The van der Waals surface area contributed by atoms with Gasteiger partial charge in [-0.1, -0.05) is 0 Å². The van der Waals surface area contributed by atoms with Gasteiger partial charge in [-0.3, -0.25) is 0 Å². The molecule has 62 valence electrons. The number of hydrogen-bond donors (Lipinski definition) is 0. The first-order chi connectivity index (χ1) is 5.57. The molecule has 0 aliphatic carbocycles. The highest BCUT2D eigenvalue weighted by Crippen LogP contribution is 2.13. The summed E-state index contributed by atoms with van der Waals surface area (Å²) in [7, 11) is 7.09. The minimum Gasteiger partial charge on any atom is -0.619 e. The molecular weight excluding hydrogens is 153 g/mol. The standard InChI is InChI=1S/C8H10BNO2/c1-5-6(2)10(11)4-7(9)8(5)12-3/h4H,1-3H3. The van der Waals surface area contributed by atoms with Crippen molar-refractivity contribution in [3.63, 3.8) is 0 Å². The quantitative estimate of drug-likeness (QED) is 0.325. The number of methoxy groups -OCH3 is 1. The van der Waals surface area contributed by atoms with Gasteiger partial charge in [0.2, 0.25) is 0 Å². The molecule has 3 nitrogen and oxygen atoms in total. The fraction of sp³-hybridized carbons (Fsp3) is 0.375. The fourth-order valence-electron chi connectivity index (χ4n) is 1.10. The highest BCUT2D eigenvalue weighted by molar-refractivity contribution is 6.34. The first-order valence-electron chi connectivity index (χ1n) is 3.60. The molecule has 0 saturated heterocycles. The summed E-state index contributed by atoms with van der Waals surface area (Å²) in [5, 5.41) is 11.1. The van der Waals surface area contributed by atoms with E-state index >= 15 is 0 Å². The van der Waals surface area contributed by atoms with Gasteiger partial charge in [0.1, 0.15) is 13.6 Å². The van der Waals surface area contributed by atoms with Gasteiger partial charge in [0, 0.05) is 12.4 Å². The maximum atomic E-state index is 11.1. The Morgan fingerprint density at radius 1 is 1.50 bits per heavy atom. The molecule has 0 aliphatic heterocycles. The molecule has 0 fully saturated rings.